The maximum Gasteiger partial charge on any atom is 0.249 e. The second kappa shape index (κ2) is 8.49. The number of rotatable bonds is 7. The van der Waals surface area contributed by atoms with Crippen LogP contribution < -0.4 is 15.0 Å². The molecule has 0 aliphatic rings. The Morgan fingerprint density at radius 2 is 1.89 bits per heavy atom. The van der Waals surface area contributed by atoms with Gasteiger partial charge in [-0.25, -0.2) is 0 Å². The summed E-state index contributed by atoms with van der Waals surface area (Å²) in [6.07, 6.45) is 1.83. The van der Waals surface area contributed by atoms with E-state index in [1.807, 2.05) is 44.2 Å². The molecule has 1 aromatic heterocycles. The Bertz CT molecular complexity index is 880. The Morgan fingerprint density at radius 1 is 1.11 bits per heavy atom. The van der Waals surface area contributed by atoms with E-state index in [4.69, 9.17) is 4.74 Å². The molecule has 3 rings (SSSR count). The zero-order valence-electron chi connectivity index (χ0n) is 16.2. The lowest BCUT2D eigenvalue weighted by Crippen LogP contribution is -2.18. The molecule has 0 saturated heterocycles. The van der Waals surface area contributed by atoms with E-state index in [0.29, 0.717) is 5.95 Å². The van der Waals surface area contributed by atoms with E-state index in [0.717, 1.165) is 29.5 Å². The highest BCUT2D eigenvalue weighted by Gasteiger charge is 2.11. The summed E-state index contributed by atoms with van der Waals surface area (Å²) in [5.74, 6) is 2.04. The third-order valence-corrected chi connectivity index (χ3v) is 3.93. The highest BCUT2D eigenvalue weighted by atomic mass is 16.5. The summed E-state index contributed by atoms with van der Waals surface area (Å²) in [6, 6.07) is 16.0. The van der Waals surface area contributed by atoms with Crippen molar-refractivity contribution in [2.75, 3.05) is 16.8 Å². The van der Waals surface area contributed by atoms with E-state index in [2.05, 4.69) is 57.4 Å². The lowest BCUT2D eigenvalue weighted by molar-refractivity contribution is 0.242. The monoisotopic (exact) mass is 363 g/mol. The Kier molecular flexibility index (Phi) is 5.86. The van der Waals surface area contributed by atoms with E-state index >= 15 is 0 Å². The quantitative estimate of drug-likeness (QED) is 0.646. The number of aromatic nitrogens is 3. The predicted octanol–water partition coefficient (Wildman–Crippen LogP) is 4.87. The Hall–Kier alpha value is -3.15. The van der Waals surface area contributed by atoms with Gasteiger partial charge in [-0.05, 0) is 69.7 Å². The van der Waals surface area contributed by atoms with E-state index in [9.17, 15) is 0 Å². The van der Waals surface area contributed by atoms with Crippen molar-refractivity contribution >= 4 is 23.1 Å². The second-order valence-corrected chi connectivity index (χ2v) is 6.54. The molecule has 0 aliphatic heterocycles. The van der Waals surface area contributed by atoms with Gasteiger partial charge in [-0.1, -0.05) is 12.1 Å². The van der Waals surface area contributed by atoms with Crippen molar-refractivity contribution in [3.63, 3.8) is 0 Å². The van der Waals surface area contributed by atoms with Gasteiger partial charge in [0, 0.05) is 17.9 Å². The number of aryl methyl sites for hydroxylation is 1. The van der Waals surface area contributed by atoms with Crippen LogP contribution in [0, 0.1) is 6.92 Å². The van der Waals surface area contributed by atoms with Crippen molar-refractivity contribution in [1.29, 1.82) is 0 Å². The van der Waals surface area contributed by atoms with Crippen LogP contribution in [0.5, 0.6) is 5.75 Å². The van der Waals surface area contributed by atoms with Gasteiger partial charge >= 0.3 is 0 Å². The van der Waals surface area contributed by atoms with Crippen molar-refractivity contribution in [3.8, 4) is 5.75 Å². The summed E-state index contributed by atoms with van der Waals surface area (Å²) >= 11 is 0. The zero-order chi connectivity index (χ0) is 19.2. The maximum atomic E-state index is 5.67. The minimum atomic E-state index is 0.148. The third kappa shape index (κ3) is 4.94. The first-order valence-corrected chi connectivity index (χ1v) is 9.13. The molecule has 0 aliphatic carbocycles. The molecule has 1 heterocycles. The zero-order valence-corrected chi connectivity index (χ0v) is 16.2. The Labute approximate surface area is 160 Å². The summed E-state index contributed by atoms with van der Waals surface area (Å²) in [5, 5.41) is 11.4. The minimum Gasteiger partial charge on any atom is -0.491 e. The average Bonchev–Trinajstić information content (AvgIpc) is 2.64. The fraction of sp³-hybridized carbons (Fsp3) is 0.286. The van der Waals surface area contributed by atoms with Crippen molar-refractivity contribution in [1.82, 2.24) is 15.2 Å². The summed E-state index contributed by atoms with van der Waals surface area (Å²) in [5.41, 5.74) is 3.16. The summed E-state index contributed by atoms with van der Waals surface area (Å²) in [4.78, 5) is 6.73. The molecule has 0 fully saturated rings. The summed E-state index contributed by atoms with van der Waals surface area (Å²) in [7, 11) is 0. The fourth-order valence-electron chi connectivity index (χ4n) is 2.77. The fourth-order valence-corrected chi connectivity index (χ4v) is 2.77. The molecular formula is C21H25N5O. The van der Waals surface area contributed by atoms with Crippen LogP contribution in [0.15, 0.2) is 54.7 Å². The highest BCUT2D eigenvalue weighted by molar-refractivity contribution is 5.62. The van der Waals surface area contributed by atoms with Crippen molar-refractivity contribution < 1.29 is 4.74 Å². The number of nitrogens with zero attached hydrogens (tertiary/aromatic N) is 4. The largest absolute Gasteiger partial charge is 0.491 e. The number of ether oxygens (including phenoxy) is 1. The van der Waals surface area contributed by atoms with Crippen molar-refractivity contribution in [2.45, 2.75) is 33.8 Å². The van der Waals surface area contributed by atoms with Gasteiger partial charge in [0.25, 0.3) is 0 Å². The van der Waals surface area contributed by atoms with Gasteiger partial charge in [0.2, 0.25) is 5.95 Å². The molecule has 3 aromatic rings. The number of nitrogens with one attached hydrogen (secondary N) is 1. The smallest absolute Gasteiger partial charge is 0.249 e. The van der Waals surface area contributed by atoms with Gasteiger partial charge in [0.1, 0.15) is 5.75 Å². The van der Waals surface area contributed by atoms with Gasteiger partial charge < -0.3 is 15.0 Å². The van der Waals surface area contributed by atoms with Crippen LogP contribution in [0.2, 0.25) is 0 Å². The molecule has 1 N–H and O–H groups in total. The SMILES string of the molecule is CCN(c1cccc(C)c1)c1cnnc(Nc2ccc(OC(C)C)cc2)n1. The van der Waals surface area contributed by atoms with Gasteiger partial charge in [-0.3, -0.25) is 0 Å². The van der Waals surface area contributed by atoms with Crippen molar-refractivity contribution in [2.24, 2.45) is 0 Å². The first kappa shape index (κ1) is 18.6. The second-order valence-electron chi connectivity index (χ2n) is 6.54. The molecule has 0 atom stereocenters. The van der Waals surface area contributed by atoms with Crippen LogP contribution in [-0.2, 0) is 0 Å². The average molecular weight is 363 g/mol. The maximum absolute atomic E-state index is 5.67. The summed E-state index contributed by atoms with van der Waals surface area (Å²) < 4.78 is 5.67. The molecule has 6 nitrogen and oxygen atoms in total. The summed E-state index contributed by atoms with van der Waals surface area (Å²) in [6.45, 7) is 8.96. The molecule has 0 bridgehead atoms. The van der Waals surface area contributed by atoms with Gasteiger partial charge in [-0.2, -0.15) is 10.1 Å². The standard InChI is InChI=1S/C21H25N5O/c1-5-26(18-8-6-7-16(4)13-18)20-14-22-25-21(24-20)23-17-9-11-19(12-10-17)27-15(2)3/h6-15H,5H2,1-4H3,(H,23,24,25). The molecule has 27 heavy (non-hydrogen) atoms. The lowest BCUT2D eigenvalue weighted by Gasteiger charge is -2.22. The molecule has 6 heteroatoms. The van der Waals surface area contributed by atoms with Gasteiger partial charge in [0.15, 0.2) is 5.82 Å². The van der Waals surface area contributed by atoms with Crippen LogP contribution in [-0.4, -0.2) is 27.8 Å². The molecule has 0 saturated carbocycles. The van der Waals surface area contributed by atoms with Crippen LogP contribution in [0.4, 0.5) is 23.1 Å². The molecule has 0 radical (unpaired) electrons. The van der Waals surface area contributed by atoms with Crippen LogP contribution in [0.1, 0.15) is 26.3 Å². The molecule has 2 aromatic carbocycles. The highest BCUT2D eigenvalue weighted by Crippen LogP contribution is 2.25. The first-order valence-electron chi connectivity index (χ1n) is 9.13. The van der Waals surface area contributed by atoms with Crippen molar-refractivity contribution in [3.05, 3.63) is 60.3 Å². The number of hydrogen-bond donors (Lipinski definition) is 1. The normalized spacial score (nSPS) is 10.7. The van der Waals surface area contributed by atoms with E-state index in [1.165, 1.54) is 5.56 Å². The molecule has 140 valence electrons. The number of hydrogen-bond acceptors (Lipinski definition) is 6. The molecule has 0 unspecified atom stereocenters. The van der Waals surface area contributed by atoms with E-state index < -0.39 is 0 Å². The van der Waals surface area contributed by atoms with Crippen LogP contribution in [0.3, 0.4) is 0 Å². The van der Waals surface area contributed by atoms with Gasteiger partial charge in [-0.15, -0.1) is 5.10 Å². The molecule has 0 spiro atoms. The third-order valence-electron chi connectivity index (χ3n) is 3.93. The van der Waals surface area contributed by atoms with Crippen LogP contribution >= 0.6 is 0 Å². The Balaban J connectivity index is 1.78. The number of anilines is 4. The van der Waals surface area contributed by atoms with E-state index in [-0.39, 0.29) is 6.10 Å². The Morgan fingerprint density at radius 3 is 2.56 bits per heavy atom. The van der Waals surface area contributed by atoms with E-state index in [1.54, 1.807) is 6.20 Å². The minimum absolute atomic E-state index is 0.148. The van der Waals surface area contributed by atoms with Gasteiger partial charge in [0.05, 0.1) is 12.3 Å². The number of benzene rings is 2. The molecule has 0 amide bonds. The molecular weight excluding hydrogens is 338 g/mol. The first-order chi connectivity index (χ1) is 13.0. The topological polar surface area (TPSA) is 63.2 Å². The predicted molar refractivity (Wildman–Crippen MR) is 109 cm³/mol. The lowest BCUT2D eigenvalue weighted by atomic mass is 10.2. The van der Waals surface area contributed by atoms with Crippen LogP contribution in [0.25, 0.3) is 0 Å².